The molecular formula is C17H23NO4. The zero-order valence-corrected chi connectivity index (χ0v) is 13.2. The lowest BCUT2D eigenvalue weighted by atomic mass is 10.1. The Hall–Kier alpha value is -2.04. The molecule has 1 aliphatic rings. The number of likely N-dealkylation sites (tertiary alicyclic amines) is 1. The van der Waals surface area contributed by atoms with Crippen LogP contribution in [0.1, 0.15) is 43.0 Å². The second-order valence-electron chi connectivity index (χ2n) is 5.38. The molecule has 2 rings (SSSR count). The number of carbonyl (C=O) groups excluding carboxylic acids is 2. The molecule has 120 valence electrons. The largest absolute Gasteiger partial charge is 0.496 e. The molecule has 1 unspecified atom stereocenters. The van der Waals surface area contributed by atoms with Crippen molar-refractivity contribution < 1.29 is 19.1 Å². The van der Waals surface area contributed by atoms with E-state index in [0.29, 0.717) is 30.9 Å². The number of esters is 1. The van der Waals surface area contributed by atoms with E-state index in [2.05, 4.69) is 0 Å². The van der Waals surface area contributed by atoms with Crippen molar-refractivity contribution in [3.8, 4) is 5.75 Å². The number of rotatable bonds is 6. The summed E-state index contributed by atoms with van der Waals surface area (Å²) in [4.78, 5) is 26.5. The van der Waals surface area contributed by atoms with Crippen molar-refractivity contribution >= 4 is 11.9 Å². The minimum atomic E-state index is -0.478. The first-order chi connectivity index (χ1) is 10.7. The lowest BCUT2D eigenvalue weighted by Crippen LogP contribution is -2.41. The van der Waals surface area contributed by atoms with Gasteiger partial charge in [0.05, 0.1) is 19.3 Å². The molecule has 1 atom stereocenters. The van der Waals surface area contributed by atoms with Crippen molar-refractivity contribution in [1.29, 1.82) is 0 Å². The van der Waals surface area contributed by atoms with E-state index in [4.69, 9.17) is 9.47 Å². The number of hydrogen-bond acceptors (Lipinski definition) is 4. The van der Waals surface area contributed by atoms with Gasteiger partial charge in [0.2, 0.25) is 0 Å². The molecule has 1 saturated heterocycles. The predicted octanol–water partition coefficient (Wildman–Crippen LogP) is 2.64. The average molecular weight is 305 g/mol. The fourth-order valence-corrected chi connectivity index (χ4v) is 2.64. The maximum atomic E-state index is 12.7. The Bertz CT molecular complexity index is 529. The van der Waals surface area contributed by atoms with Crippen LogP contribution >= 0.6 is 0 Å². The molecule has 1 aromatic carbocycles. The smallest absolute Gasteiger partial charge is 0.328 e. The summed E-state index contributed by atoms with van der Waals surface area (Å²) in [5.74, 6) is 0.0547. The summed E-state index contributed by atoms with van der Waals surface area (Å²) in [5, 5.41) is 0. The Morgan fingerprint density at radius 3 is 2.82 bits per heavy atom. The highest BCUT2D eigenvalue weighted by molar-refractivity contribution is 5.99. The van der Waals surface area contributed by atoms with Crippen LogP contribution in [0.15, 0.2) is 24.3 Å². The molecule has 5 nitrogen and oxygen atoms in total. The molecule has 1 amide bonds. The quantitative estimate of drug-likeness (QED) is 0.599. The van der Waals surface area contributed by atoms with E-state index in [1.807, 2.05) is 13.0 Å². The Labute approximate surface area is 131 Å². The van der Waals surface area contributed by atoms with Gasteiger partial charge in [-0.05, 0) is 31.4 Å². The standard InChI is InChI=1S/C17H23NO4/c1-3-4-12-22-17(20)14-9-7-11-18(14)16(19)13-8-5-6-10-15(13)21-2/h5-6,8,10,14H,3-4,7,9,11-12H2,1-2H3. The molecule has 1 fully saturated rings. The van der Waals surface area contributed by atoms with Crippen molar-refractivity contribution in [2.24, 2.45) is 0 Å². The van der Waals surface area contributed by atoms with Gasteiger partial charge in [0.1, 0.15) is 11.8 Å². The van der Waals surface area contributed by atoms with E-state index < -0.39 is 6.04 Å². The average Bonchev–Trinajstić information content (AvgIpc) is 3.04. The Morgan fingerprint density at radius 1 is 1.32 bits per heavy atom. The van der Waals surface area contributed by atoms with Gasteiger partial charge in [-0.1, -0.05) is 25.5 Å². The molecule has 0 spiro atoms. The van der Waals surface area contributed by atoms with E-state index in [1.54, 1.807) is 23.1 Å². The topological polar surface area (TPSA) is 55.8 Å². The molecule has 22 heavy (non-hydrogen) atoms. The molecule has 1 aliphatic heterocycles. The molecule has 0 aliphatic carbocycles. The zero-order valence-electron chi connectivity index (χ0n) is 13.2. The fraction of sp³-hybridized carbons (Fsp3) is 0.529. The van der Waals surface area contributed by atoms with Gasteiger partial charge < -0.3 is 14.4 Å². The molecule has 0 saturated carbocycles. The summed E-state index contributed by atoms with van der Waals surface area (Å²) in [6.45, 7) is 3.04. The lowest BCUT2D eigenvalue weighted by molar-refractivity contribution is -0.148. The van der Waals surface area contributed by atoms with Crippen LogP contribution in [0.5, 0.6) is 5.75 Å². The number of carbonyl (C=O) groups is 2. The van der Waals surface area contributed by atoms with Crippen LogP contribution in [0, 0.1) is 0 Å². The number of hydrogen-bond donors (Lipinski definition) is 0. The molecule has 1 heterocycles. The van der Waals surface area contributed by atoms with Crippen LogP contribution in [-0.4, -0.2) is 43.1 Å². The second-order valence-corrected chi connectivity index (χ2v) is 5.38. The summed E-state index contributed by atoms with van der Waals surface area (Å²) >= 11 is 0. The van der Waals surface area contributed by atoms with Crippen LogP contribution in [0.3, 0.4) is 0 Å². The Balaban J connectivity index is 2.09. The van der Waals surface area contributed by atoms with Gasteiger partial charge in [0, 0.05) is 6.54 Å². The highest BCUT2D eigenvalue weighted by atomic mass is 16.5. The monoisotopic (exact) mass is 305 g/mol. The predicted molar refractivity (Wildman–Crippen MR) is 82.9 cm³/mol. The third kappa shape index (κ3) is 3.59. The van der Waals surface area contributed by atoms with Gasteiger partial charge in [-0.3, -0.25) is 4.79 Å². The van der Waals surface area contributed by atoms with E-state index in [9.17, 15) is 9.59 Å². The van der Waals surface area contributed by atoms with Crippen LogP contribution < -0.4 is 4.74 Å². The first-order valence-electron chi connectivity index (χ1n) is 7.79. The number of benzene rings is 1. The van der Waals surface area contributed by atoms with E-state index in [-0.39, 0.29) is 11.9 Å². The molecule has 1 aromatic rings. The minimum absolute atomic E-state index is 0.174. The first-order valence-corrected chi connectivity index (χ1v) is 7.79. The van der Waals surface area contributed by atoms with Crippen LogP contribution in [0.4, 0.5) is 0 Å². The summed E-state index contributed by atoms with van der Waals surface area (Å²) in [6.07, 6.45) is 3.29. The molecule has 0 N–H and O–H groups in total. The molecule has 5 heteroatoms. The second kappa shape index (κ2) is 7.82. The van der Waals surface area contributed by atoms with Crippen molar-refractivity contribution in [3.05, 3.63) is 29.8 Å². The van der Waals surface area contributed by atoms with Gasteiger partial charge in [-0.2, -0.15) is 0 Å². The number of methoxy groups -OCH3 is 1. The lowest BCUT2D eigenvalue weighted by Gasteiger charge is -2.24. The fourth-order valence-electron chi connectivity index (χ4n) is 2.64. The number of nitrogens with zero attached hydrogens (tertiary/aromatic N) is 1. The maximum absolute atomic E-state index is 12.7. The van der Waals surface area contributed by atoms with Gasteiger partial charge in [-0.25, -0.2) is 4.79 Å². The van der Waals surface area contributed by atoms with Gasteiger partial charge >= 0.3 is 5.97 Å². The summed E-state index contributed by atoms with van der Waals surface area (Å²) in [7, 11) is 1.53. The number of amides is 1. The van der Waals surface area contributed by atoms with E-state index >= 15 is 0 Å². The summed E-state index contributed by atoms with van der Waals surface area (Å²) in [6, 6.07) is 6.60. The zero-order chi connectivity index (χ0) is 15.9. The first kappa shape index (κ1) is 16.3. The number of para-hydroxylation sites is 1. The van der Waals surface area contributed by atoms with Crippen molar-refractivity contribution in [2.75, 3.05) is 20.3 Å². The van der Waals surface area contributed by atoms with Crippen molar-refractivity contribution in [1.82, 2.24) is 4.90 Å². The SMILES string of the molecule is CCCCOC(=O)C1CCCN1C(=O)c1ccccc1OC. The normalized spacial score (nSPS) is 17.4. The third-order valence-electron chi connectivity index (χ3n) is 3.87. The van der Waals surface area contributed by atoms with Gasteiger partial charge in [0.25, 0.3) is 5.91 Å². The van der Waals surface area contributed by atoms with Crippen molar-refractivity contribution in [3.63, 3.8) is 0 Å². The Morgan fingerprint density at radius 2 is 2.09 bits per heavy atom. The Kier molecular flexibility index (Phi) is 5.81. The maximum Gasteiger partial charge on any atom is 0.328 e. The third-order valence-corrected chi connectivity index (χ3v) is 3.87. The summed E-state index contributed by atoms with van der Waals surface area (Å²) < 4.78 is 10.5. The summed E-state index contributed by atoms with van der Waals surface area (Å²) in [5.41, 5.74) is 0.484. The van der Waals surface area contributed by atoms with Crippen LogP contribution in [0.25, 0.3) is 0 Å². The minimum Gasteiger partial charge on any atom is -0.496 e. The van der Waals surface area contributed by atoms with E-state index in [0.717, 1.165) is 19.3 Å². The van der Waals surface area contributed by atoms with Crippen LogP contribution in [0.2, 0.25) is 0 Å². The molecule has 0 radical (unpaired) electrons. The molecular weight excluding hydrogens is 282 g/mol. The highest BCUT2D eigenvalue weighted by Crippen LogP contribution is 2.25. The molecule has 0 aromatic heterocycles. The highest BCUT2D eigenvalue weighted by Gasteiger charge is 2.36. The van der Waals surface area contributed by atoms with Gasteiger partial charge in [-0.15, -0.1) is 0 Å². The molecule has 0 bridgehead atoms. The van der Waals surface area contributed by atoms with Gasteiger partial charge in [0.15, 0.2) is 0 Å². The van der Waals surface area contributed by atoms with Crippen molar-refractivity contribution in [2.45, 2.75) is 38.6 Å². The van der Waals surface area contributed by atoms with Crippen LogP contribution in [-0.2, 0) is 9.53 Å². The van der Waals surface area contributed by atoms with E-state index in [1.165, 1.54) is 7.11 Å². The number of unbranched alkanes of at least 4 members (excludes halogenated alkanes) is 1. The number of ether oxygens (including phenoxy) is 2.